The third-order valence-electron chi connectivity index (χ3n) is 4.24. The summed E-state index contributed by atoms with van der Waals surface area (Å²) in [4.78, 5) is 2.67. The second-order valence-corrected chi connectivity index (χ2v) is 6.87. The van der Waals surface area contributed by atoms with Gasteiger partial charge in [-0.05, 0) is 63.7 Å². The Morgan fingerprint density at radius 2 is 1.94 bits per heavy atom. The molecular formula is C15H32N2. The van der Waals surface area contributed by atoms with Gasteiger partial charge in [0.15, 0.2) is 0 Å². The average Bonchev–Trinajstić information content (AvgIpc) is 2.42. The third-order valence-corrected chi connectivity index (χ3v) is 4.24. The van der Waals surface area contributed by atoms with Crippen molar-refractivity contribution in [2.24, 2.45) is 11.3 Å². The van der Waals surface area contributed by atoms with E-state index in [0.29, 0.717) is 11.5 Å². The second kappa shape index (κ2) is 6.75. The van der Waals surface area contributed by atoms with Gasteiger partial charge >= 0.3 is 0 Å². The fourth-order valence-electron chi connectivity index (χ4n) is 2.87. The van der Waals surface area contributed by atoms with Crippen molar-refractivity contribution in [3.63, 3.8) is 0 Å². The van der Waals surface area contributed by atoms with E-state index < -0.39 is 0 Å². The van der Waals surface area contributed by atoms with Crippen molar-refractivity contribution in [2.75, 3.05) is 26.7 Å². The molecule has 1 heterocycles. The molecule has 0 saturated carbocycles. The fourth-order valence-corrected chi connectivity index (χ4v) is 2.87. The zero-order valence-corrected chi connectivity index (χ0v) is 12.6. The minimum atomic E-state index is 0.369. The number of likely N-dealkylation sites (tertiary alicyclic amines) is 1. The van der Waals surface area contributed by atoms with Crippen molar-refractivity contribution in [1.82, 2.24) is 10.2 Å². The van der Waals surface area contributed by atoms with E-state index in [1.807, 2.05) is 0 Å². The number of hydrogen-bond donors (Lipinski definition) is 1. The van der Waals surface area contributed by atoms with Crippen LogP contribution < -0.4 is 5.32 Å². The molecule has 0 amide bonds. The van der Waals surface area contributed by atoms with Crippen LogP contribution in [0.2, 0.25) is 0 Å². The molecule has 2 atom stereocenters. The molecule has 17 heavy (non-hydrogen) atoms. The first-order valence-corrected chi connectivity index (χ1v) is 7.33. The minimum Gasteiger partial charge on any atom is -0.316 e. The van der Waals surface area contributed by atoms with Crippen LogP contribution in [0.3, 0.4) is 0 Å². The molecule has 1 fully saturated rings. The molecule has 1 N–H and O–H groups in total. The van der Waals surface area contributed by atoms with E-state index in [4.69, 9.17) is 0 Å². The number of nitrogens with zero attached hydrogens (tertiary/aromatic N) is 1. The lowest BCUT2D eigenvalue weighted by Crippen LogP contribution is -2.41. The Morgan fingerprint density at radius 1 is 1.24 bits per heavy atom. The van der Waals surface area contributed by atoms with Crippen molar-refractivity contribution in [3.05, 3.63) is 0 Å². The first-order valence-electron chi connectivity index (χ1n) is 7.33. The van der Waals surface area contributed by atoms with Crippen LogP contribution in [0.4, 0.5) is 0 Å². The Hall–Kier alpha value is -0.0800. The fraction of sp³-hybridized carbons (Fsp3) is 1.00. The highest BCUT2D eigenvalue weighted by Crippen LogP contribution is 2.23. The molecule has 0 spiro atoms. The van der Waals surface area contributed by atoms with E-state index in [9.17, 15) is 0 Å². The zero-order valence-electron chi connectivity index (χ0n) is 12.6. The van der Waals surface area contributed by atoms with E-state index in [1.54, 1.807) is 0 Å². The number of hydrogen-bond acceptors (Lipinski definition) is 2. The molecule has 1 aliphatic heterocycles. The van der Waals surface area contributed by atoms with Gasteiger partial charge in [-0.25, -0.2) is 0 Å². The molecule has 0 aromatic heterocycles. The summed E-state index contributed by atoms with van der Waals surface area (Å²) in [6.45, 7) is 13.3. The van der Waals surface area contributed by atoms with Gasteiger partial charge < -0.3 is 10.2 Å². The first-order chi connectivity index (χ1) is 7.93. The summed E-state index contributed by atoms with van der Waals surface area (Å²) < 4.78 is 0. The molecule has 2 nitrogen and oxygen atoms in total. The van der Waals surface area contributed by atoms with Crippen molar-refractivity contribution in [2.45, 2.75) is 59.4 Å². The van der Waals surface area contributed by atoms with Crippen molar-refractivity contribution >= 4 is 0 Å². The van der Waals surface area contributed by atoms with Crippen LogP contribution in [-0.4, -0.2) is 37.6 Å². The molecule has 0 aromatic rings. The summed E-state index contributed by atoms with van der Waals surface area (Å²) in [6, 6.07) is 0.628. The molecule has 1 saturated heterocycles. The van der Waals surface area contributed by atoms with Gasteiger partial charge in [0.1, 0.15) is 0 Å². The van der Waals surface area contributed by atoms with Crippen molar-refractivity contribution in [1.29, 1.82) is 0 Å². The van der Waals surface area contributed by atoms with Crippen molar-refractivity contribution < 1.29 is 0 Å². The Kier molecular flexibility index (Phi) is 5.94. The summed E-state index contributed by atoms with van der Waals surface area (Å²) in [5.74, 6) is 0.933. The molecule has 2 heteroatoms. The van der Waals surface area contributed by atoms with E-state index in [-0.39, 0.29) is 0 Å². The Bertz CT molecular complexity index is 207. The predicted octanol–water partition coefficient (Wildman–Crippen LogP) is 3.13. The maximum Gasteiger partial charge on any atom is 0.0125 e. The largest absolute Gasteiger partial charge is 0.316 e. The summed E-state index contributed by atoms with van der Waals surface area (Å²) >= 11 is 0. The Morgan fingerprint density at radius 3 is 2.53 bits per heavy atom. The van der Waals surface area contributed by atoms with Crippen molar-refractivity contribution in [3.8, 4) is 0 Å². The zero-order chi connectivity index (χ0) is 12.9. The Balaban J connectivity index is 2.33. The van der Waals surface area contributed by atoms with Crippen LogP contribution in [0.25, 0.3) is 0 Å². The smallest absolute Gasteiger partial charge is 0.0125 e. The van der Waals surface area contributed by atoms with Gasteiger partial charge in [0, 0.05) is 6.04 Å². The van der Waals surface area contributed by atoms with Gasteiger partial charge in [0.2, 0.25) is 0 Å². The van der Waals surface area contributed by atoms with Gasteiger partial charge in [0.25, 0.3) is 0 Å². The molecular weight excluding hydrogens is 208 g/mol. The highest BCUT2D eigenvalue weighted by Gasteiger charge is 2.23. The lowest BCUT2D eigenvalue weighted by molar-refractivity contribution is 0.213. The monoisotopic (exact) mass is 240 g/mol. The van der Waals surface area contributed by atoms with E-state index in [1.165, 1.54) is 45.3 Å². The topological polar surface area (TPSA) is 15.3 Å². The van der Waals surface area contributed by atoms with Gasteiger partial charge in [0.05, 0.1) is 0 Å². The summed E-state index contributed by atoms with van der Waals surface area (Å²) in [6.07, 6.45) is 5.47. The van der Waals surface area contributed by atoms with Gasteiger partial charge in [-0.3, -0.25) is 0 Å². The van der Waals surface area contributed by atoms with Crippen LogP contribution in [0.5, 0.6) is 0 Å². The van der Waals surface area contributed by atoms with Gasteiger partial charge in [-0.2, -0.15) is 0 Å². The molecule has 102 valence electrons. The Labute approximate surface area is 108 Å². The lowest BCUT2D eigenvalue weighted by Gasteiger charge is -2.32. The molecule has 1 rings (SSSR count). The highest BCUT2D eigenvalue weighted by atomic mass is 15.1. The molecule has 0 aliphatic carbocycles. The summed E-state index contributed by atoms with van der Waals surface area (Å²) in [7, 11) is 2.10. The second-order valence-electron chi connectivity index (χ2n) is 6.87. The molecule has 0 bridgehead atoms. The number of nitrogens with one attached hydrogen (secondary N) is 1. The average molecular weight is 240 g/mol. The maximum absolute atomic E-state index is 3.48. The van der Waals surface area contributed by atoms with Crippen LogP contribution in [0.1, 0.15) is 53.4 Å². The highest BCUT2D eigenvalue weighted by molar-refractivity contribution is 4.80. The maximum atomic E-state index is 3.48. The number of rotatable bonds is 4. The molecule has 2 unspecified atom stereocenters. The van der Waals surface area contributed by atoms with Gasteiger partial charge in [-0.15, -0.1) is 0 Å². The van der Waals surface area contributed by atoms with Crippen LogP contribution in [0.15, 0.2) is 0 Å². The minimum absolute atomic E-state index is 0.369. The molecule has 1 aliphatic rings. The van der Waals surface area contributed by atoms with E-state index >= 15 is 0 Å². The third kappa shape index (κ3) is 5.39. The standard InChI is InChI=1S/C15H32N2/c1-13-7-6-10-17(11-8-13)12-9-14(16-5)15(2,3)4/h13-14,16H,6-12H2,1-5H3. The lowest BCUT2D eigenvalue weighted by atomic mass is 9.85. The SMILES string of the molecule is CNC(CCN1CCCC(C)CC1)C(C)(C)C. The summed E-state index contributed by atoms with van der Waals surface area (Å²) in [5, 5.41) is 3.48. The molecule has 0 radical (unpaired) electrons. The first kappa shape index (κ1) is 15.0. The summed E-state index contributed by atoms with van der Waals surface area (Å²) in [5.41, 5.74) is 0.369. The predicted molar refractivity (Wildman–Crippen MR) is 76.4 cm³/mol. The van der Waals surface area contributed by atoms with Crippen LogP contribution >= 0.6 is 0 Å². The normalized spacial score (nSPS) is 25.6. The molecule has 0 aromatic carbocycles. The van der Waals surface area contributed by atoms with E-state index in [2.05, 4.69) is 45.0 Å². The quantitative estimate of drug-likeness (QED) is 0.812. The van der Waals surface area contributed by atoms with Crippen LogP contribution in [-0.2, 0) is 0 Å². The van der Waals surface area contributed by atoms with Gasteiger partial charge in [-0.1, -0.05) is 27.7 Å². The van der Waals surface area contributed by atoms with Crippen LogP contribution in [0, 0.1) is 11.3 Å². The van der Waals surface area contributed by atoms with E-state index in [0.717, 1.165) is 5.92 Å².